The third kappa shape index (κ3) is 2.75. The molecule has 0 saturated carbocycles. The average molecular weight is 301 g/mol. The van der Waals surface area contributed by atoms with Crippen molar-refractivity contribution >= 4 is 40.1 Å². The number of benzene rings is 1. The van der Waals surface area contributed by atoms with Crippen LogP contribution < -0.4 is 5.32 Å². The molecule has 0 spiro atoms. The molecule has 3 rings (SSSR count). The number of fused-ring (bicyclic) bond motifs is 1. The predicted octanol–water partition coefficient (Wildman–Crippen LogP) is 3.12. The highest BCUT2D eigenvalue weighted by Crippen LogP contribution is 2.24. The third-order valence-electron chi connectivity index (χ3n) is 2.84. The number of carbonyl (C=O) groups is 1. The topological polar surface area (TPSA) is 88.0 Å². The van der Waals surface area contributed by atoms with Gasteiger partial charge in [0.15, 0.2) is 5.65 Å². The van der Waals surface area contributed by atoms with Gasteiger partial charge in [0.05, 0.1) is 10.9 Å². The van der Waals surface area contributed by atoms with Crippen LogP contribution in [-0.2, 0) is 0 Å². The number of anilines is 2. The fourth-order valence-corrected chi connectivity index (χ4v) is 2.03. The van der Waals surface area contributed by atoms with E-state index in [9.17, 15) is 4.79 Å². The molecule has 0 atom stereocenters. The highest BCUT2D eigenvalue weighted by Gasteiger charge is 2.08. The van der Waals surface area contributed by atoms with Crippen molar-refractivity contribution < 1.29 is 9.90 Å². The summed E-state index contributed by atoms with van der Waals surface area (Å²) in [6.07, 6.45) is 1.62. The molecule has 0 unspecified atom stereocenters. The van der Waals surface area contributed by atoms with Crippen molar-refractivity contribution in [3.63, 3.8) is 0 Å². The summed E-state index contributed by atoms with van der Waals surface area (Å²) < 4.78 is 0. The molecular weight excluding hydrogens is 292 g/mol. The molecule has 0 fully saturated rings. The number of carboxylic acid groups (broad SMARTS) is 1. The summed E-state index contributed by atoms with van der Waals surface area (Å²) in [4.78, 5) is 23.1. The van der Waals surface area contributed by atoms with Gasteiger partial charge in [0.25, 0.3) is 0 Å². The summed E-state index contributed by atoms with van der Waals surface area (Å²) >= 11 is 5.88. The Morgan fingerprint density at radius 1 is 1.14 bits per heavy atom. The number of carboxylic acids is 1. The van der Waals surface area contributed by atoms with Gasteiger partial charge < -0.3 is 10.4 Å². The number of aromatic carboxylic acids is 1. The SMILES string of the molecule is O=C(O)c1ccc(Nc2nc(Cl)nc3ncccc23)cc1. The lowest BCUT2D eigenvalue weighted by Gasteiger charge is -2.08. The third-order valence-corrected chi connectivity index (χ3v) is 3.01. The summed E-state index contributed by atoms with van der Waals surface area (Å²) in [6, 6.07) is 9.93. The number of hydrogen-bond donors (Lipinski definition) is 2. The van der Waals surface area contributed by atoms with Crippen LogP contribution in [0, 0.1) is 0 Å². The van der Waals surface area contributed by atoms with Crippen LogP contribution in [0.4, 0.5) is 11.5 Å². The average Bonchev–Trinajstić information content (AvgIpc) is 2.47. The molecule has 2 aromatic heterocycles. The van der Waals surface area contributed by atoms with Crippen LogP contribution in [0.2, 0.25) is 5.28 Å². The zero-order valence-electron chi connectivity index (χ0n) is 10.6. The second-order valence-corrected chi connectivity index (χ2v) is 4.56. The molecule has 2 heterocycles. The maximum absolute atomic E-state index is 10.8. The Hall–Kier alpha value is -2.73. The number of nitrogens with zero attached hydrogens (tertiary/aromatic N) is 3. The molecule has 104 valence electrons. The highest BCUT2D eigenvalue weighted by atomic mass is 35.5. The monoisotopic (exact) mass is 300 g/mol. The van der Waals surface area contributed by atoms with Crippen LogP contribution >= 0.6 is 11.6 Å². The van der Waals surface area contributed by atoms with E-state index in [1.165, 1.54) is 12.1 Å². The number of rotatable bonds is 3. The maximum Gasteiger partial charge on any atom is 0.335 e. The molecule has 0 aliphatic heterocycles. The van der Waals surface area contributed by atoms with Gasteiger partial charge in [-0.1, -0.05) is 0 Å². The smallest absolute Gasteiger partial charge is 0.335 e. The quantitative estimate of drug-likeness (QED) is 0.723. The van der Waals surface area contributed by atoms with Gasteiger partial charge >= 0.3 is 5.97 Å². The Bertz CT molecular complexity index is 821. The molecule has 2 N–H and O–H groups in total. The minimum absolute atomic E-state index is 0.0888. The van der Waals surface area contributed by atoms with E-state index in [1.807, 2.05) is 6.07 Å². The second-order valence-electron chi connectivity index (χ2n) is 4.22. The Balaban J connectivity index is 1.99. The fraction of sp³-hybridized carbons (Fsp3) is 0. The van der Waals surface area contributed by atoms with E-state index in [4.69, 9.17) is 16.7 Å². The number of halogens is 1. The number of aromatic nitrogens is 3. The first-order valence-electron chi connectivity index (χ1n) is 6.02. The van der Waals surface area contributed by atoms with Crippen LogP contribution in [0.1, 0.15) is 10.4 Å². The first-order chi connectivity index (χ1) is 10.1. The molecule has 7 heteroatoms. The van der Waals surface area contributed by atoms with E-state index in [2.05, 4.69) is 20.3 Å². The van der Waals surface area contributed by atoms with E-state index in [1.54, 1.807) is 24.4 Å². The largest absolute Gasteiger partial charge is 0.478 e. The minimum Gasteiger partial charge on any atom is -0.478 e. The Kier molecular flexibility index (Phi) is 3.37. The van der Waals surface area contributed by atoms with Crippen LogP contribution in [0.25, 0.3) is 11.0 Å². The van der Waals surface area contributed by atoms with Crippen molar-refractivity contribution in [1.29, 1.82) is 0 Å². The van der Waals surface area contributed by atoms with Gasteiger partial charge in [-0.2, -0.15) is 9.97 Å². The lowest BCUT2D eigenvalue weighted by molar-refractivity contribution is 0.0697. The lowest BCUT2D eigenvalue weighted by Crippen LogP contribution is -1.99. The van der Waals surface area contributed by atoms with E-state index in [0.29, 0.717) is 17.2 Å². The van der Waals surface area contributed by atoms with Gasteiger partial charge in [0.2, 0.25) is 5.28 Å². The van der Waals surface area contributed by atoms with Gasteiger partial charge in [0.1, 0.15) is 5.82 Å². The van der Waals surface area contributed by atoms with Gasteiger partial charge in [-0.15, -0.1) is 0 Å². The van der Waals surface area contributed by atoms with Crippen LogP contribution in [0.5, 0.6) is 0 Å². The highest BCUT2D eigenvalue weighted by molar-refractivity contribution is 6.28. The van der Waals surface area contributed by atoms with Crippen molar-refractivity contribution in [3.8, 4) is 0 Å². The summed E-state index contributed by atoms with van der Waals surface area (Å²) in [7, 11) is 0. The molecule has 6 nitrogen and oxygen atoms in total. The second kappa shape index (κ2) is 5.34. The van der Waals surface area contributed by atoms with E-state index in [0.717, 1.165) is 5.39 Å². The Labute approximate surface area is 124 Å². The van der Waals surface area contributed by atoms with Crippen molar-refractivity contribution in [2.24, 2.45) is 0 Å². The van der Waals surface area contributed by atoms with Gasteiger partial charge in [0, 0.05) is 11.9 Å². The zero-order chi connectivity index (χ0) is 14.8. The van der Waals surface area contributed by atoms with Gasteiger partial charge in [-0.25, -0.2) is 9.78 Å². The van der Waals surface area contributed by atoms with Crippen LogP contribution in [0.3, 0.4) is 0 Å². The van der Waals surface area contributed by atoms with E-state index < -0.39 is 5.97 Å². The molecule has 0 bridgehead atoms. The van der Waals surface area contributed by atoms with Crippen molar-refractivity contribution in [2.75, 3.05) is 5.32 Å². The number of nitrogens with one attached hydrogen (secondary N) is 1. The fourth-order valence-electron chi connectivity index (χ4n) is 1.86. The first-order valence-corrected chi connectivity index (χ1v) is 6.40. The standard InChI is InChI=1S/C14H9ClN4O2/c15-14-18-11-10(2-1-7-16-11)12(19-14)17-9-5-3-8(4-6-9)13(20)21/h1-7H,(H,20,21)(H,16,17,18,19). The summed E-state index contributed by atoms with van der Waals surface area (Å²) in [5.74, 6) is -0.456. The van der Waals surface area contributed by atoms with E-state index in [-0.39, 0.29) is 10.8 Å². The first kappa shape index (κ1) is 13.3. The van der Waals surface area contributed by atoms with Gasteiger partial charge in [-0.3, -0.25) is 0 Å². The Morgan fingerprint density at radius 2 is 1.90 bits per heavy atom. The number of hydrogen-bond acceptors (Lipinski definition) is 5. The maximum atomic E-state index is 10.8. The molecule has 0 aliphatic rings. The molecule has 0 radical (unpaired) electrons. The summed E-state index contributed by atoms with van der Waals surface area (Å²) in [6.45, 7) is 0. The normalized spacial score (nSPS) is 10.5. The zero-order valence-corrected chi connectivity index (χ0v) is 11.4. The van der Waals surface area contributed by atoms with Crippen LogP contribution in [0.15, 0.2) is 42.6 Å². The van der Waals surface area contributed by atoms with Crippen LogP contribution in [-0.4, -0.2) is 26.0 Å². The van der Waals surface area contributed by atoms with Gasteiger partial charge in [-0.05, 0) is 48.0 Å². The molecule has 21 heavy (non-hydrogen) atoms. The molecule has 0 aliphatic carbocycles. The van der Waals surface area contributed by atoms with E-state index >= 15 is 0 Å². The predicted molar refractivity (Wildman–Crippen MR) is 79.0 cm³/mol. The minimum atomic E-state index is -0.971. The summed E-state index contributed by atoms with van der Waals surface area (Å²) in [5, 5.41) is 12.8. The van der Waals surface area contributed by atoms with Crippen molar-refractivity contribution in [3.05, 3.63) is 53.4 Å². The molecular formula is C14H9ClN4O2. The Morgan fingerprint density at radius 3 is 2.62 bits per heavy atom. The number of pyridine rings is 1. The molecule has 3 aromatic rings. The molecule has 1 aromatic carbocycles. The lowest BCUT2D eigenvalue weighted by atomic mass is 10.2. The summed E-state index contributed by atoms with van der Waals surface area (Å²) in [5.41, 5.74) is 1.40. The van der Waals surface area contributed by atoms with Crippen molar-refractivity contribution in [1.82, 2.24) is 15.0 Å². The molecule has 0 saturated heterocycles. The van der Waals surface area contributed by atoms with Crippen molar-refractivity contribution in [2.45, 2.75) is 0 Å². The molecule has 0 amide bonds.